The van der Waals surface area contributed by atoms with Crippen LogP contribution in [0.4, 0.5) is 0 Å². The Hall–Kier alpha value is -3.27. The van der Waals surface area contributed by atoms with E-state index in [1.54, 1.807) is 36.4 Å². The lowest BCUT2D eigenvalue weighted by Gasteiger charge is -2.19. The van der Waals surface area contributed by atoms with Gasteiger partial charge in [0.2, 0.25) is 0 Å². The van der Waals surface area contributed by atoms with Gasteiger partial charge in [0.25, 0.3) is 0 Å². The van der Waals surface area contributed by atoms with E-state index < -0.39 is 6.10 Å². The number of phenols is 1. The second-order valence-corrected chi connectivity index (χ2v) is 6.23. The smallest absolute Gasteiger partial charge is 0.162 e. The minimum atomic E-state index is -0.399. The molecule has 0 amide bonds. The summed E-state index contributed by atoms with van der Waals surface area (Å²) >= 11 is 0. The van der Waals surface area contributed by atoms with E-state index in [1.807, 2.05) is 31.2 Å². The summed E-state index contributed by atoms with van der Waals surface area (Å²) < 4.78 is 11.9. The number of ether oxygens (including phenoxy) is 2. The molecule has 0 aliphatic carbocycles. The SMILES string of the molecule is CC(Oc1cc(C=O)ccc1OCCc1ccccc1)c1ccccc1O. The van der Waals surface area contributed by atoms with Gasteiger partial charge in [-0.15, -0.1) is 0 Å². The topological polar surface area (TPSA) is 55.8 Å². The van der Waals surface area contributed by atoms with Crippen LogP contribution < -0.4 is 9.47 Å². The Balaban J connectivity index is 1.74. The molecular weight excluding hydrogens is 340 g/mol. The number of hydrogen-bond donors (Lipinski definition) is 1. The summed E-state index contributed by atoms with van der Waals surface area (Å²) in [4.78, 5) is 11.1. The molecule has 0 heterocycles. The Kier molecular flexibility index (Phi) is 6.10. The predicted octanol–water partition coefficient (Wildman–Crippen LogP) is 4.97. The highest BCUT2D eigenvalue weighted by molar-refractivity contribution is 5.76. The molecule has 0 spiro atoms. The highest BCUT2D eigenvalue weighted by Gasteiger charge is 2.15. The van der Waals surface area contributed by atoms with Gasteiger partial charge in [0.05, 0.1) is 6.61 Å². The van der Waals surface area contributed by atoms with E-state index in [0.717, 1.165) is 12.7 Å². The maximum absolute atomic E-state index is 11.1. The normalized spacial score (nSPS) is 11.6. The lowest BCUT2D eigenvalue weighted by molar-refractivity contribution is 0.112. The lowest BCUT2D eigenvalue weighted by Crippen LogP contribution is -2.07. The Bertz CT molecular complexity index is 890. The molecule has 0 bridgehead atoms. The Morgan fingerprint density at radius 3 is 2.44 bits per heavy atom. The molecular formula is C23H22O4. The van der Waals surface area contributed by atoms with Gasteiger partial charge in [0.1, 0.15) is 18.1 Å². The zero-order valence-electron chi connectivity index (χ0n) is 15.2. The first-order chi connectivity index (χ1) is 13.2. The summed E-state index contributed by atoms with van der Waals surface area (Å²) in [5, 5.41) is 10.0. The van der Waals surface area contributed by atoms with E-state index in [2.05, 4.69) is 12.1 Å². The van der Waals surface area contributed by atoms with Crippen LogP contribution in [0.5, 0.6) is 17.2 Å². The Labute approximate surface area is 159 Å². The van der Waals surface area contributed by atoms with Crippen LogP contribution in [0.3, 0.4) is 0 Å². The van der Waals surface area contributed by atoms with Crippen molar-refractivity contribution in [3.05, 3.63) is 89.5 Å². The van der Waals surface area contributed by atoms with Gasteiger partial charge in [-0.25, -0.2) is 0 Å². The maximum Gasteiger partial charge on any atom is 0.162 e. The molecule has 3 aromatic carbocycles. The average Bonchev–Trinajstić information content (AvgIpc) is 2.70. The minimum absolute atomic E-state index is 0.170. The van der Waals surface area contributed by atoms with E-state index in [4.69, 9.17) is 9.47 Å². The van der Waals surface area contributed by atoms with E-state index in [0.29, 0.717) is 29.2 Å². The summed E-state index contributed by atoms with van der Waals surface area (Å²) in [5.41, 5.74) is 2.36. The zero-order chi connectivity index (χ0) is 19.1. The molecule has 1 unspecified atom stereocenters. The summed E-state index contributed by atoms with van der Waals surface area (Å²) in [6, 6.07) is 22.2. The van der Waals surface area contributed by atoms with Gasteiger partial charge in [0.15, 0.2) is 11.5 Å². The molecule has 4 nitrogen and oxygen atoms in total. The summed E-state index contributed by atoms with van der Waals surface area (Å²) in [6.07, 6.45) is 1.14. The third-order valence-corrected chi connectivity index (χ3v) is 4.27. The highest BCUT2D eigenvalue weighted by atomic mass is 16.5. The molecule has 3 rings (SSSR count). The van der Waals surface area contributed by atoms with Crippen molar-refractivity contribution in [1.29, 1.82) is 0 Å². The van der Waals surface area contributed by atoms with Crippen molar-refractivity contribution >= 4 is 6.29 Å². The third kappa shape index (κ3) is 4.88. The first-order valence-electron chi connectivity index (χ1n) is 8.88. The van der Waals surface area contributed by atoms with Gasteiger partial charge in [0, 0.05) is 17.5 Å². The first-order valence-corrected chi connectivity index (χ1v) is 8.88. The molecule has 0 saturated carbocycles. The quantitative estimate of drug-likeness (QED) is 0.575. The second kappa shape index (κ2) is 8.90. The monoisotopic (exact) mass is 362 g/mol. The number of aromatic hydroxyl groups is 1. The fourth-order valence-electron chi connectivity index (χ4n) is 2.82. The predicted molar refractivity (Wildman–Crippen MR) is 105 cm³/mol. The van der Waals surface area contributed by atoms with Crippen molar-refractivity contribution in [2.24, 2.45) is 0 Å². The van der Waals surface area contributed by atoms with Crippen molar-refractivity contribution in [3.63, 3.8) is 0 Å². The molecule has 0 aliphatic rings. The maximum atomic E-state index is 11.1. The molecule has 4 heteroatoms. The minimum Gasteiger partial charge on any atom is -0.508 e. The van der Waals surface area contributed by atoms with Gasteiger partial charge >= 0.3 is 0 Å². The van der Waals surface area contributed by atoms with Gasteiger partial charge in [-0.3, -0.25) is 4.79 Å². The van der Waals surface area contributed by atoms with Crippen molar-refractivity contribution in [3.8, 4) is 17.2 Å². The molecule has 0 aromatic heterocycles. The van der Waals surface area contributed by atoms with Crippen LogP contribution >= 0.6 is 0 Å². The molecule has 27 heavy (non-hydrogen) atoms. The zero-order valence-corrected chi connectivity index (χ0v) is 15.2. The first kappa shape index (κ1) is 18.5. The summed E-state index contributed by atoms with van der Waals surface area (Å²) in [6.45, 7) is 2.34. The van der Waals surface area contributed by atoms with Gasteiger partial charge < -0.3 is 14.6 Å². The molecule has 3 aromatic rings. The summed E-state index contributed by atoms with van der Waals surface area (Å²) in [7, 11) is 0. The van der Waals surface area contributed by atoms with Crippen molar-refractivity contribution in [1.82, 2.24) is 0 Å². The van der Waals surface area contributed by atoms with Gasteiger partial charge in [-0.2, -0.15) is 0 Å². The lowest BCUT2D eigenvalue weighted by atomic mass is 10.1. The van der Waals surface area contributed by atoms with Crippen LogP contribution in [0.25, 0.3) is 0 Å². The Morgan fingerprint density at radius 2 is 1.70 bits per heavy atom. The molecule has 1 atom stereocenters. The van der Waals surface area contributed by atoms with E-state index in [-0.39, 0.29) is 5.75 Å². The van der Waals surface area contributed by atoms with Crippen molar-refractivity contribution < 1.29 is 19.4 Å². The number of benzene rings is 3. The van der Waals surface area contributed by atoms with Gasteiger partial charge in [-0.05, 0) is 36.8 Å². The number of hydrogen-bond acceptors (Lipinski definition) is 4. The molecule has 138 valence electrons. The van der Waals surface area contributed by atoms with Crippen LogP contribution in [-0.2, 0) is 6.42 Å². The average molecular weight is 362 g/mol. The molecule has 1 N–H and O–H groups in total. The Morgan fingerprint density at radius 1 is 0.963 bits per heavy atom. The molecule has 0 saturated heterocycles. The van der Waals surface area contributed by atoms with E-state index in [1.165, 1.54) is 5.56 Å². The fourth-order valence-corrected chi connectivity index (χ4v) is 2.82. The van der Waals surface area contributed by atoms with Crippen LogP contribution in [0.1, 0.15) is 34.5 Å². The highest BCUT2D eigenvalue weighted by Crippen LogP contribution is 2.34. The van der Waals surface area contributed by atoms with E-state index >= 15 is 0 Å². The van der Waals surface area contributed by atoms with Crippen LogP contribution in [0, 0.1) is 0 Å². The second-order valence-electron chi connectivity index (χ2n) is 6.23. The number of para-hydroxylation sites is 1. The van der Waals surface area contributed by atoms with Crippen molar-refractivity contribution in [2.45, 2.75) is 19.4 Å². The fraction of sp³-hybridized carbons (Fsp3) is 0.174. The molecule has 0 radical (unpaired) electrons. The van der Waals surface area contributed by atoms with Crippen molar-refractivity contribution in [2.75, 3.05) is 6.61 Å². The van der Waals surface area contributed by atoms with Crippen LogP contribution in [0.2, 0.25) is 0 Å². The number of rotatable bonds is 8. The standard InChI is InChI=1S/C23H22O4/c1-17(20-9-5-6-10-21(20)25)27-23-15-19(16-24)11-12-22(23)26-14-13-18-7-3-2-4-8-18/h2-12,15-17,25H,13-14H2,1H3. The number of phenolic OH excluding ortho intramolecular Hbond substituents is 1. The third-order valence-electron chi connectivity index (χ3n) is 4.27. The number of carbonyl (C=O) groups excluding carboxylic acids is 1. The summed E-state index contributed by atoms with van der Waals surface area (Å²) in [5.74, 6) is 1.21. The largest absolute Gasteiger partial charge is 0.508 e. The van der Waals surface area contributed by atoms with Crippen LogP contribution in [0.15, 0.2) is 72.8 Å². The molecule has 0 fully saturated rings. The van der Waals surface area contributed by atoms with Gasteiger partial charge in [-0.1, -0.05) is 48.5 Å². The number of carbonyl (C=O) groups is 1. The number of aldehydes is 1. The molecule has 0 aliphatic heterocycles. The van der Waals surface area contributed by atoms with E-state index in [9.17, 15) is 9.90 Å². The van der Waals surface area contributed by atoms with Crippen LogP contribution in [-0.4, -0.2) is 18.0 Å².